The van der Waals surface area contributed by atoms with Crippen LogP contribution in [0.1, 0.15) is 24.8 Å². The molecule has 6 nitrogen and oxygen atoms in total. The Morgan fingerprint density at radius 1 is 1.07 bits per heavy atom. The number of carbonyl (C=O) groups is 1. The minimum Gasteiger partial charge on any atom is -0.464 e. The third-order valence-corrected chi connectivity index (χ3v) is 6.39. The van der Waals surface area contributed by atoms with Crippen LogP contribution in [0.15, 0.2) is 64.4 Å². The molecule has 0 fully saturated rings. The van der Waals surface area contributed by atoms with Crippen LogP contribution in [0, 0.1) is 0 Å². The Labute approximate surface area is 171 Å². The second-order valence-corrected chi connectivity index (χ2v) is 8.63. The number of hydrogen-bond donors (Lipinski definition) is 0. The number of furan rings is 1. The zero-order valence-corrected chi connectivity index (χ0v) is 16.6. The standard InChI is InChI=1S/C20H19F3N2O4S/c21-20(22,23)19(26)3-1-2-11-25(14-15-6-9-24-10-7-15)30(27,28)17-4-5-18-16(13-17)8-12-29-18/h4-10,12-13H,1-3,11,14H2. The lowest BCUT2D eigenvalue weighted by molar-refractivity contribution is -0.171. The zero-order chi connectivity index (χ0) is 21.8. The van der Waals surface area contributed by atoms with E-state index in [0.29, 0.717) is 16.5 Å². The van der Waals surface area contributed by atoms with Gasteiger partial charge in [0.15, 0.2) is 0 Å². The van der Waals surface area contributed by atoms with Crippen molar-refractivity contribution >= 4 is 26.8 Å². The fourth-order valence-electron chi connectivity index (χ4n) is 2.95. The first-order valence-corrected chi connectivity index (χ1v) is 10.6. The van der Waals surface area contributed by atoms with Crippen LogP contribution in [0.5, 0.6) is 0 Å². The molecule has 3 rings (SSSR count). The van der Waals surface area contributed by atoms with Crippen molar-refractivity contribution in [2.24, 2.45) is 0 Å². The molecule has 0 unspecified atom stereocenters. The SMILES string of the molecule is O=C(CCCCN(Cc1ccncc1)S(=O)(=O)c1ccc2occc2c1)C(F)(F)F. The molecule has 2 aromatic heterocycles. The molecule has 0 N–H and O–H groups in total. The van der Waals surface area contributed by atoms with Crippen LogP contribution in [0.4, 0.5) is 13.2 Å². The van der Waals surface area contributed by atoms with Gasteiger partial charge in [-0.1, -0.05) is 0 Å². The molecule has 160 valence electrons. The van der Waals surface area contributed by atoms with Crippen LogP contribution in [-0.4, -0.2) is 36.2 Å². The van der Waals surface area contributed by atoms with E-state index in [1.54, 1.807) is 24.3 Å². The average molecular weight is 440 g/mol. The number of alkyl halides is 3. The van der Waals surface area contributed by atoms with E-state index in [1.807, 2.05) is 0 Å². The van der Waals surface area contributed by atoms with E-state index in [2.05, 4.69) is 4.98 Å². The second kappa shape index (κ2) is 8.97. The first kappa shape index (κ1) is 22.0. The fourth-order valence-corrected chi connectivity index (χ4v) is 4.45. The first-order chi connectivity index (χ1) is 14.2. The number of pyridine rings is 1. The summed E-state index contributed by atoms with van der Waals surface area (Å²) < 4.78 is 70.0. The number of benzene rings is 1. The molecular formula is C20H19F3N2O4S. The number of sulfonamides is 1. The predicted octanol–water partition coefficient (Wildman–Crippen LogP) is 4.32. The topological polar surface area (TPSA) is 80.5 Å². The number of unbranched alkanes of at least 4 members (excludes halogenated alkanes) is 1. The Morgan fingerprint density at radius 2 is 1.80 bits per heavy atom. The third-order valence-electron chi connectivity index (χ3n) is 4.55. The molecule has 0 aliphatic carbocycles. The lowest BCUT2D eigenvalue weighted by Crippen LogP contribution is -2.32. The number of aromatic nitrogens is 1. The van der Waals surface area contributed by atoms with Gasteiger partial charge in [-0.15, -0.1) is 0 Å². The summed E-state index contributed by atoms with van der Waals surface area (Å²) in [5.74, 6) is -1.81. The molecule has 0 amide bonds. The maximum atomic E-state index is 13.2. The van der Waals surface area contributed by atoms with Gasteiger partial charge in [-0.3, -0.25) is 9.78 Å². The molecule has 0 bridgehead atoms. The van der Waals surface area contributed by atoms with E-state index >= 15 is 0 Å². The maximum absolute atomic E-state index is 13.2. The second-order valence-electron chi connectivity index (χ2n) is 6.69. The highest BCUT2D eigenvalue weighted by Gasteiger charge is 2.37. The molecule has 1 aromatic carbocycles. The number of carbonyl (C=O) groups excluding carboxylic acids is 1. The molecule has 0 atom stereocenters. The van der Waals surface area contributed by atoms with Crippen LogP contribution < -0.4 is 0 Å². The van der Waals surface area contributed by atoms with Gasteiger partial charge in [0.2, 0.25) is 15.8 Å². The van der Waals surface area contributed by atoms with Gasteiger partial charge in [-0.05, 0) is 54.8 Å². The van der Waals surface area contributed by atoms with Gasteiger partial charge in [0.25, 0.3) is 0 Å². The fraction of sp³-hybridized carbons (Fsp3) is 0.300. The molecule has 0 saturated heterocycles. The molecule has 2 heterocycles. The van der Waals surface area contributed by atoms with Gasteiger partial charge in [0.1, 0.15) is 5.58 Å². The van der Waals surface area contributed by atoms with Crippen LogP contribution in [0.2, 0.25) is 0 Å². The minimum absolute atomic E-state index is 0.0286. The van der Waals surface area contributed by atoms with Crippen LogP contribution in [0.3, 0.4) is 0 Å². The summed E-state index contributed by atoms with van der Waals surface area (Å²) in [6.45, 7) is 0.000706. The van der Waals surface area contributed by atoms with Crippen LogP contribution >= 0.6 is 0 Å². The molecule has 0 aliphatic rings. The summed E-state index contributed by atoms with van der Waals surface area (Å²) in [5.41, 5.74) is 1.23. The number of fused-ring (bicyclic) bond motifs is 1. The van der Waals surface area contributed by atoms with Crippen molar-refractivity contribution in [3.63, 3.8) is 0 Å². The number of rotatable bonds is 9. The lowest BCUT2D eigenvalue weighted by atomic mass is 10.1. The van der Waals surface area contributed by atoms with Crippen molar-refractivity contribution in [3.8, 4) is 0 Å². The summed E-state index contributed by atoms with van der Waals surface area (Å²) in [6, 6.07) is 9.43. The predicted molar refractivity (Wildman–Crippen MR) is 103 cm³/mol. The number of ketones is 1. The Kier molecular flexibility index (Phi) is 6.57. The van der Waals surface area contributed by atoms with Crippen LogP contribution in [-0.2, 0) is 21.4 Å². The summed E-state index contributed by atoms with van der Waals surface area (Å²) in [5, 5.41) is 0.621. The lowest BCUT2D eigenvalue weighted by Gasteiger charge is -2.22. The quantitative estimate of drug-likeness (QED) is 0.463. The number of Topliss-reactive ketones (excluding diaryl/α,β-unsaturated/α-hetero) is 1. The maximum Gasteiger partial charge on any atom is 0.449 e. The Balaban J connectivity index is 1.78. The van der Waals surface area contributed by atoms with Crippen LogP contribution in [0.25, 0.3) is 11.0 Å². The molecular weight excluding hydrogens is 421 g/mol. The average Bonchev–Trinajstić information content (AvgIpc) is 3.18. The molecule has 0 aliphatic heterocycles. The van der Waals surface area contributed by atoms with Crippen molar-refractivity contribution in [1.82, 2.24) is 9.29 Å². The van der Waals surface area contributed by atoms with Gasteiger partial charge in [0.05, 0.1) is 11.2 Å². The number of hydrogen-bond acceptors (Lipinski definition) is 5. The largest absolute Gasteiger partial charge is 0.464 e. The van der Waals surface area contributed by atoms with E-state index < -0.39 is 28.4 Å². The highest BCUT2D eigenvalue weighted by molar-refractivity contribution is 7.89. The van der Waals surface area contributed by atoms with Crippen molar-refractivity contribution in [3.05, 3.63) is 60.6 Å². The van der Waals surface area contributed by atoms with Gasteiger partial charge < -0.3 is 4.42 Å². The van der Waals surface area contributed by atoms with Gasteiger partial charge >= 0.3 is 6.18 Å². The van der Waals surface area contributed by atoms with Gasteiger partial charge in [-0.25, -0.2) is 8.42 Å². The van der Waals surface area contributed by atoms with Gasteiger partial charge in [-0.2, -0.15) is 17.5 Å². The van der Waals surface area contributed by atoms with Crippen molar-refractivity contribution < 1.29 is 30.8 Å². The minimum atomic E-state index is -4.87. The van der Waals surface area contributed by atoms with E-state index in [1.165, 1.54) is 35.1 Å². The molecule has 3 aromatic rings. The molecule has 0 radical (unpaired) electrons. The molecule has 0 saturated carbocycles. The Hall–Kier alpha value is -2.72. The van der Waals surface area contributed by atoms with E-state index in [9.17, 15) is 26.4 Å². The van der Waals surface area contributed by atoms with Crippen molar-refractivity contribution in [1.29, 1.82) is 0 Å². The summed E-state index contributed by atoms with van der Waals surface area (Å²) in [6.07, 6.45) is -0.995. The normalized spacial score (nSPS) is 12.5. The highest BCUT2D eigenvalue weighted by Crippen LogP contribution is 2.25. The monoisotopic (exact) mass is 440 g/mol. The molecule has 10 heteroatoms. The molecule has 0 spiro atoms. The van der Waals surface area contributed by atoms with E-state index in [0.717, 1.165) is 0 Å². The third kappa shape index (κ3) is 5.25. The summed E-state index contributed by atoms with van der Waals surface area (Å²) in [7, 11) is -3.93. The van der Waals surface area contributed by atoms with E-state index in [-0.39, 0.29) is 30.8 Å². The zero-order valence-electron chi connectivity index (χ0n) is 15.8. The Bertz CT molecular complexity index is 1110. The van der Waals surface area contributed by atoms with Gasteiger partial charge in [0, 0.05) is 37.3 Å². The van der Waals surface area contributed by atoms with Crippen molar-refractivity contribution in [2.45, 2.75) is 36.9 Å². The Morgan fingerprint density at radius 3 is 2.50 bits per heavy atom. The summed E-state index contributed by atoms with van der Waals surface area (Å²) >= 11 is 0. The van der Waals surface area contributed by atoms with E-state index in [4.69, 9.17) is 4.42 Å². The number of halogens is 3. The highest BCUT2D eigenvalue weighted by atomic mass is 32.2. The molecule has 30 heavy (non-hydrogen) atoms. The number of nitrogens with zero attached hydrogens (tertiary/aromatic N) is 2. The summed E-state index contributed by atoms with van der Waals surface area (Å²) in [4.78, 5) is 15.0. The van der Waals surface area contributed by atoms with Crippen molar-refractivity contribution in [2.75, 3.05) is 6.54 Å². The smallest absolute Gasteiger partial charge is 0.449 e. The first-order valence-electron chi connectivity index (χ1n) is 9.14.